The first-order valence-corrected chi connectivity index (χ1v) is 4.39. The second-order valence-electron chi connectivity index (χ2n) is 3.18. The molecule has 0 amide bonds. The summed E-state index contributed by atoms with van der Waals surface area (Å²) in [4.78, 5) is 13.3. The monoisotopic (exact) mass is 167 g/mol. The largest absolute Gasteiger partial charge is 0.366 e. The predicted molar refractivity (Wildman–Crippen MR) is 47.5 cm³/mol. The number of hydrogen-bond acceptors (Lipinski definition) is 2. The van der Waals surface area contributed by atoms with Gasteiger partial charge >= 0.3 is 0 Å². The molecule has 0 radical (unpaired) electrons. The van der Waals surface area contributed by atoms with E-state index < -0.39 is 0 Å². The molecular formula is C8H13N3O. The van der Waals surface area contributed by atoms with Gasteiger partial charge in [0.2, 0.25) is 0 Å². The van der Waals surface area contributed by atoms with Gasteiger partial charge in [-0.15, -0.1) is 0 Å². The highest BCUT2D eigenvalue weighted by Gasteiger charge is 2.13. The molecule has 0 saturated carbocycles. The van der Waals surface area contributed by atoms with E-state index in [0.717, 1.165) is 18.8 Å². The lowest BCUT2D eigenvalue weighted by Gasteiger charge is -2.26. The van der Waals surface area contributed by atoms with Gasteiger partial charge in [-0.2, -0.15) is 0 Å². The molecule has 12 heavy (non-hydrogen) atoms. The number of rotatable bonds is 1. The van der Waals surface area contributed by atoms with Crippen molar-refractivity contribution in [1.82, 2.24) is 10.2 Å². The van der Waals surface area contributed by atoms with Crippen molar-refractivity contribution in [3.63, 3.8) is 0 Å². The smallest absolute Gasteiger partial charge is 0.287 e. The highest BCUT2D eigenvalue weighted by Crippen LogP contribution is 2.14. The summed E-state index contributed by atoms with van der Waals surface area (Å²) in [6.07, 6.45) is 5.43. The Labute approximate surface area is 70.6 Å². The van der Waals surface area contributed by atoms with Gasteiger partial charge in [-0.25, -0.2) is 0 Å². The molecule has 1 aromatic rings. The summed E-state index contributed by atoms with van der Waals surface area (Å²) >= 11 is 0. The normalized spacial score (nSPS) is 18.2. The van der Waals surface area contributed by atoms with Crippen LogP contribution in [0.25, 0.3) is 0 Å². The lowest BCUT2D eigenvalue weighted by atomic mass is 10.1. The van der Waals surface area contributed by atoms with Gasteiger partial charge in [-0.05, 0) is 19.3 Å². The average molecular weight is 167 g/mol. The first-order chi connectivity index (χ1) is 5.88. The molecule has 0 aromatic carbocycles. The van der Waals surface area contributed by atoms with Gasteiger partial charge in [-0.1, -0.05) is 0 Å². The van der Waals surface area contributed by atoms with Gasteiger partial charge in [0.1, 0.15) is 5.69 Å². The number of nitrogens with one attached hydrogen (secondary N) is 2. The Balaban J connectivity index is 2.18. The Morgan fingerprint density at radius 3 is 2.58 bits per heavy atom. The van der Waals surface area contributed by atoms with Crippen LogP contribution in [0, 0.1) is 0 Å². The van der Waals surface area contributed by atoms with Crippen LogP contribution in [0.1, 0.15) is 19.3 Å². The number of aromatic nitrogens is 2. The fraction of sp³-hybridized carbons (Fsp3) is 0.625. The third kappa shape index (κ3) is 1.24. The maximum Gasteiger partial charge on any atom is 0.287 e. The number of hydrogen-bond donors (Lipinski definition) is 2. The Morgan fingerprint density at radius 2 is 2.00 bits per heavy atom. The third-order valence-corrected chi connectivity index (χ3v) is 2.32. The maximum absolute atomic E-state index is 11.2. The lowest BCUT2D eigenvalue weighted by Crippen LogP contribution is -2.32. The molecular weight excluding hydrogens is 154 g/mol. The lowest BCUT2D eigenvalue weighted by molar-refractivity contribution is 0.577. The van der Waals surface area contributed by atoms with Gasteiger partial charge in [-0.3, -0.25) is 9.89 Å². The van der Waals surface area contributed by atoms with E-state index in [0.29, 0.717) is 0 Å². The average Bonchev–Trinajstić information content (AvgIpc) is 2.53. The number of aromatic amines is 2. The molecule has 0 bridgehead atoms. The van der Waals surface area contributed by atoms with E-state index in [2.05, 4.69) is 15.1 Å². The number of piperidine rings is 1. The van der Waals surface area contributed by atoms with E-state index >= 15 is 0 Å². The molecule has 2 N–H and O–H groups in total. The Hall–Kier alpha value is -1.19. The minimum absolute atomic E-state index is 0.00287. The van der Waals surface area contributed by atoms with E-state index in [1.165, 1.54) is 19.3 Å². The first-order valence-electron chi connectivity index (χ1n) is 4.39. The highest BCUT2D eigenvalue weighted by molar-refractivity contribution is 5.41. The van der Waals surface area contributed by atoms with Crippen LogP contribution in [0.4, 0.5) is 5.69 Å². The summed E-state index contributed by atoms with van der Waals surface area (Å²) in [5.74, 6) is 0. The maximum atomic E-state index is 11.2. The van der Waals surface area contributed by atoms with Crippen LogP contribution in [0.3, 0.4) is 0 Å². The van der Waals surface area contributed by atoms with E-state index in [4.69, 9.17) is 0 Å². The van der Waals surface area contributed by atoms with Crippen molar-refractivity contribution in [2.45, 2.75) is 19.3 Å². The van der Waals surface area contributed by atoms with Crippen molar-refractivity contribution in [3.8, 4) is 0 Å². The molecule has 0 spiro atoms. The topological polar surface area (TPSA) is 51.9 Å². The molecule has 1 aromatic heterocycles. The zero-order chi connectivity index (χ0) is 8.39. The van der Waals surface area contributed by atoms with Gasteiger partial charge in [0.05, 0.1) is 0 Å². The van der Waals surface area contributed by atoms with Crippen molar-refractivity contribution in [2.24, 2.45) is 0 Å². The van der Waals surface area contributed by atoms with Crippen LogP contribution in [0.2, 0.25) is 0 Å². The van der Waals surface area contributed by atoms with Crippen molar-refractivity contribution < 1.29 is 0 Å². The molecule has 4 heteroatoms. The fourth-order valence-electron chi connectivity index (χ4n) is 1.67. The zero-order valence-corrected chi connectivity index (χ0v) is 6.97. The number of H-pyrrole nitrogens is 2. The van der Waals surface area contributed by atoms with Crippen LogP contribution in [0.5, 0.6) is 0 Å². The highest BCUT2D eigenvalue weighted by atomic mass is 16.1. The van der Waals surface area contributed by atoms with Crippen molar-refractivity contribution in [3.05, 3.63) is 16.6 Å². The van der Waals surface area contributed by atoms with Gasteiger partial charge in [0.25, 0.3) is 5.56 Å². The van der Waals surface area contributed by atoms with Crippen molar-refractivity contribution in [2.75, 3.05) is 18.0 Å². The van der Waals surface area contributed by atoms with Crippen molar-refractivity contribution in [1.29, 1.82) is 0 Å². The van der Waals surface area contributed by atoms with E-state index in [-0.39, 0.29) is 5.56 Å². The summed E-state index contributed by atoms with van der Waals surface area (Å²) in [5.41, 5.74) is 0.784. The molecule has 0 atom stereocenters. The molecule has 66 valence electrons. The number of anilines is 1. The Bertz CT molecular complexity index is 295. The minimum Gasteiger partial charge on any atom is -0.366 e. The molecule has 2 rings (SSSR count). The third-order valence-electron chi connectivity index (χ3n) is 2.32. The fourth-order valence-corrected chi connectivity index (χ4v) is 1.67. The van der Waals surface area contributed by atoms with Gasteiger partial charge < -0.3 is 10.00 Å². The standard InChI is InChI=1S/C8H13N3O/c12-8-7(6-9-10-8)11-4-2-1-3-5-11/h6H,1-5H2,(H2,9,10,12). The number of nitrogens with zero attached hydrogens (tertiary/aromatic N) is 1. The summed E-state index contributed by atoms with van der Waals surface area (Å²) in [6, 6.07) is 0. The van der Waals surface area contributed by atoms with Crippen LogP contribution >= 0.6 is 0 Å². The first kappa shape index (κ1) is 7.46. The van der Waals surface area contributed by atoms with E-state index in [1.54, 1.807) is 6.20 Å². The molecule has 4 nitrogen and oxygen atoms in total. The molecule has 1 fully saturated rings. The quantitative estimate of drug-likeness (QED) is 0.646. The molecule has 2 heterocycles. The summed E-state index contributed by atoms with van der Waals surface area (Å²) < 4.78 is 0. The van der Waals surface area contributed by atoms with Crippen LogP contribution in [-0.2, 0) is 0 Å². The van der Waals surface area contributed by atoms with Crippen molar-refractivity contribution >= 4 is 5.69 Å². The van der Waals surface area contributed by atoms with Gasteiger partial charge in [0.15, 0.2) is 0 Å². The Kier molecular flexibility index (Phi) is 1.89. The molecule has 1 aliphatic rings. The molecule has 1 saturated heterocycles. The molecule has 0 unspecified atom stereocenters. The van der Waals surface area contributed by atoms with E-state index in [9.17, 15) is 4.79 Å². The van der Waals surface area contributed by atoms with E-state index in [1.807, 2.05) is 0 Å². The van der Waals surface area contributed by atoms with Crippen LogP contribution in [0.15, 0.2) is 11.0 Å². The van der Waals surface area contributed by atoms with Gasteiger partial charge in [0, 0.05) is 19.3 Å². The second-order valence-corrected chi connectivity index (χ2v) is 3.18. The summed E-state index contributed by atoms with van der Waals surface area (Å²) in [5, 5.41) is 5.26. The summed E-state index contributed by atoms with van der Waals surface area (Å²) in [6.45, 7) is 2.03. The van der Waals surface area contributed by atoms with Crippen LogP contribution in [-0.4, -0.2) is 23.3 Å². The molecule has 1 aliphatic heterocycles. The minimum atomic E-state index is -0.00287. The zero-order valence-electron chi connectivity index (χ0n) is 6.97. The van der Waals surface area contributed by atoms with Crippen LogP contribution < -0.4 is 10.5 Å². The Morgan fingerprint density at radius 1 is 1.25 bits per heavy atom. The second kappa shape index (κ2) is 3.05. The SMILES string of the molecule is O=c1[nH][nH]cc1N1CCCCC1. The predicted octanol–water partition coefficient (Wildman–Crippen LogP) is 0.693. The molecule has 0 aliphatic carbocycles. The summed E-state index contributed by atoms with van der Waals surface area (Å²) in [7, 11) is 0.